The predicted molar refractivity (Wildman–Crippen MR) is 70.0 cm³/mol. The molecule has 0 saturated heterocycles. The summed E-state index contributed by atoms with van der Waals surface area (Å²) in [6, 6.07) is 5.75. The summed E-state index contributed by atoms with van der Waals surface area (Å²) in [5.41, 5.74) is 1.15. The van der Waals surface area contributed by atoms with Gasteiger partial charge in [-0.25, -0.2) is 0 Å². The maximum absolute atomic E-state index is 11.2. The van der Waals surface area contributed by atoms with Crippen LogP contribution < -0.4 is 4.74 Å². The maximum Gasteiger partial charge on any atom is 0.309 e. The molecule has 4 heteroatoms. The molecule has 0 amide bonds. The molecule has 0 spiro atoms. The highest BCUT2D eigenvalue weighted by atomic mass is 16.5. The number of carboxylic acid groups (broad SMARTS) is 1. The Labute approximate surface area is 106 Å². The molecule has 0 aliphatic heterocycles. The van der Waals surface area contributed by atoms with E-state index in [1.807, 2.05) is 24.4 Å². The lowest BCUT2D eigenvalue weighted by Gasteiger charge is -2.19. The Balaban J connectivity index is 2.47. The second-order valence-corrected chi connectivity index (χ2v) is 5.06. The van der Waals surface area contributed by atoms with Crippen LogP contribution in [0.25, 0.3) is 10.9 Å². The van der Waals surface area contributed by atoms with Crippen molar-refractivity contribution in [3.05, 3.63) is 30.0 Å². The fourth-order valence-corrected chi connectivity index (χ4v) is 2.07. The van der Waals surface area contributed by atoms with Gasteiger partial charge in [-0.1, -0.05) is 6.07 Å². The summed E-state index contributed by atoms with van der Waals surface area (Å²) in [7, 11) is 1.62. The third-order valence-electron chi connectivity index (χ3n) is 3.21. The van der Waals surface area contributed by atoms with Crippen LogP contribution in [0, 0.1) is 5.41 Å². The van der Waals surface area contributed by atoms with Crippen molar-refractivity contribution in [2.24, 2.45) is 5.41 Å². The van der Waals surface area contributed by atoms with Gasteiger partial charge >= 0.3 is 5.97 Å². The number of methoxy groups -OCH3 is 1. The molecule has 0 fully saturated rings. The highest BCUT2D eigenvalue weighted by Gasteiger charge is 2.28. The molecule has 0 atom stereocenters. The minimum Gasteiger partial charge on any atom is -0.495 e. The average Bonchev–Trinajstić information content (AvgIpc) is 2.78. The van der Waals surface area contributed by atoms with Crippen LogP contribution in [0.2, 0.25) is 0 Å². The molecule has 2 N–H and O–H groups in total. The standard InChI is InChI=1S/C14H17NO3/c1-14(2,13(16)17)8-9-4-5-11(18-3)12-10(9)6-7-15-12/h4-7,15H,8H2,1-3H3,(H,16,17). The molecule has 96 valence electrons. The number of carbonyl (C=O) groups is 1. The Morgan fingerprint density at radius 2 is 2.11 bits per heavy atom. The fraction of sp³-hybridized carbons (Fsp3) is 0.357. The SMILES string of the molecule is COc1ccc(CC(C)(C)C(=O)O)c2cc[nH]c12. The number of H-pyrrole nitrogens is 1. The van der Waals surface area contributed by atoms with E-state index in [1.165, 1.54) is 0 Å². The van der Waals surface area contributed by atoms with E-state index in [4.69, 9.17) is 4.74 Å². The molecule has 0 radical (unpaired) electrons. The van der Waals surface area contributed by atoms with E-state index in [2.05, 4.69) is 4.98 Å². The summed E-state index contributed by atoms with van der Waals surface area (Å²) in [4.78, 5) is 14.3. The lowest BCUT2D eigenvalue weighted by molar-refractivity contribution is -0.146. The van der Waals surface area contributed by atoms with Crippen molar-refractivity contribution in [3.63, 3.8) is 0 Å². The van der Waals surface area contributed by atoms with Gasteiger partial charge in [0.1, 0.15) is 5.75 Å². The van der Waals surface area contributed by atoms with Crippen molar-refractivity contribution < 1.29 is 14.6 Å². The second-order valence-electron chi connectivity index (χ2n) is 5.06. The summed E-state index contributed by atoms with van der Waals surface area (Å²) in [6.07, 6.45) is 2.32. The first-order valence-corrected chi connectivity index (χ1v) is 5.82. The smallest absolute Gasteiger partial charge is 0.309 e. The quantitative estimate of drug-likeness (QED) is 0.873. The normalized spacial score (nSPS) is 11.7. The highest BCUT2D eigenvalue weighted by molar-refractivity contribution is 5.89. The summed E-state index contributed by atoms with van der Waals surface area (Å²) in [5.74, 6) is -0.0196. The van der Waals surface area contributed by atoms with Crippen molar-refractivity contribution in [2.75, 3.05) is 7.11 Å². The zero-order valence-electron chi connectivity index (χ0n) is 10.8. The zero-order valence-corrected chi connectivity index (χ0v) is 10.8. The number of hydrogen-bond acceptors (Lipinski definition) is 2. The van der Waals surface area contributed by atoms with Gasteiger partial charge in [-0.3, -0.25) is 4.79 Å². The number of rotatable bonds is 4. The van der Waals surface area contributed by atoms with Gasteiger partial charge in [-0.2, -0.15) is 0 Å². The van der Waals surface area contributed by atoms with Crippen molar-refractivity contribution >= 4 is 16.9 Å². The van der Waals surface area contributed by atoms with E-state index < -0.39 is 11.4 Å². The predicted octanol–water partition coefficient (Wildman–Crippen LogP) is 2.83. The van der Waals surface area contributed by atoms with Gasteiger partial charge in [0.15, 0.2) is 0 Å². The molecule has 18 heavy (non-hydrogen) atoms. The number of nitrogens with one attached hydrogen (secondary N) is 1. The minimum atomic E-state index is -0.790. The van der Waals surface area contributed by atoms with Gasteiger partial charge < -0.3 is 14.8 Å². The molecular formula is C14H17NO3. The molecular weight excluding hydrogens is 230 g/mol. The van der Waals surface area contributed by atoms with Gasteiger partial charge in [-0.05, 0) is 38.0 Å². The molecule has 2 rings (SSSR count). The first-order chi connectivity index (χ1) is 8.45. The van der Waals surface area contributed by atoms with Gasteiger partial charge in [-0.15, -0.1) is 0 Å². The number of ether oxygens (including phenoxy) is 1. The molecule has 0 aliphatic carbocycles. The van der Waals surface area contributed by atoms with E-state index in [1.54, 1.807) is 21.0 Å². The molecule has 0 unspecified atom stereocenters. The number of carboxylic acids is 1. The van der Waals surface area contributed by atoms with E-state index in [9.17, 15) is 9.90 Å². The Hall–Kier alpha value is -1.97. The van der Waals surface area contributed by atoms with Crippen LogP contribution in [-0.4, -0.2) is 23.2 Å². The summed E-state index contributed by atoms with van der Waals surface area (Å²) >= 11 is 0. The molecule has 2 aromatic rings. The Bertz CT molecular complexity index is 584. The van der Waals surface area contributed by atoms with Gasteiger partial charge in [0, 0.05) is 11.6 Å². The molecule has 0 bridgehead atoms. The lowest BCUT2D eigenvalue weighted by Crippen LogP contribution is -2.26. The Kier molecular flexibility index (Phi) is 3.03. The summed E-state index contributed by atoms with van der Waals surface area (Å²) < 4.78 is 5.27. The highest BCUT2D eigenvalue weighted by Crippen LogP contribution is 2.31. The second kappa shape index (κ2) is 4.37. The minimum absolute atomic E-state index is 0.487. The third-order valence-corrected chi connectivity index (χ3v) is 3.21. The van der Waals surface area contributed by atoms with Crippen LogP contribution in [0.5, 0.6) is 5.75 Å². The van der Waals surface area contributed by atoms with E-state index >= 15 is 0 Å². The van der Waals surface area contributed by atoms with Crippen LogP contribution >= 0.6 is 0 Å². The molecule has 1 heterocycles. The maximum atomic E-state index is 11.2. The summed E-state index contributed by atoms with van der Waals surface area (Å²) in [6.45, 7) is 3.47. The van der Waals surface area contributed by atoms with Gasteiger partial charge in [0.2, 0.25) is 0 Å². The van der Waals surface area contributed by atoms with Crippen LogP contribution in [0.15, 0.2) is 24.4 Å². The summed E-state index contributed by atoms with van der Waals surface area (Å²) in [5, 5.41) is 10.2. The van der Waals surface area contributed by atoms with Crippen LogP contribution in [0.1, 0.15) is 19.4 Å². The van der Waals surface area contributed by atoms with Crippen LogP contribution in [0.4, 0.5) is 0 Å². The topological polar surface area (TPSA) is 62.3 Å². The number of hydrogen-bond donors (Lipinski definition) is 2. The molecule has 4 nitrogen and oxygen atoms in total. The zero-order chi connectivity index (χ0) is 13.3. The Morgan fingerprint density at radius 3 is 2.72 bits per heavy atom. The third kappa shape index (κ3) is 2.06. The lowest BCUT2D eigenvalue weighted by atomic mass is 9.85. The Morgan fingerprint density at radius 1 is 1.39 bits per heavy atom. The van der Waals surface area contributed by atoms with Crippen molar-refractivity contribution in [2.45, 2.75) is 20.3 Å². The van der Waals surface area contributed by atoms with E-state index in [0.717, 1.165) is 22.2 Å². The van der Waals surface area contributed by atoms with Crippen molar-refractivity contribution in [1.29, 1.82) is 0 Å². The monoisotopic (exact) mass is 247 g/mol. The fourth-order valence-electron chi connectivity index (χ4n) is 2.07. The molecule has 1 aromatic heterocycles. The average molecular weight is 247 g/mol. The molecule has 0 saturated carbocycles. The number of fused-ring (bicyclic) bond motifs is 1. The van der Waals surface area contributed by atoms with Crippen molar-refractivity contribution in [1.82, 2.24) is 4.98 Å². The molecule has 1 aromatic carbocycles. The number of aromatic nitrogens is 1. The van der Waals surface area contributed by atoms with Gasteiger partial charge in [0.05, 0.1) is 18.0 Å². The van der Waals surface area contributed by atoms with Crippen molar-refractivity contribution in [3.8, 4) is 5.75 Å². The largest absolute Gasteiger partial charge is 0.495 e. The first-order valence-electron chi connectivity index (χ1n) is 5.82. The van der Waals surface area contributed by atoms with Gasteiger partial charge in [0.25, 0.3) is 0 Å². The number of aliphatic carboxylic acids is 1. The van der Waals surface area contributed by atoms with Crippen LogP contribution in [0.3, 0.4) is 0 Å². The van der Waals surface area contributed by atoms with Crippen LogP contribution in [-0.2, 0) is 11.2 Å². The molecule has 0 aliphatic rings. The van der Waals surface area contributed by atoms with E-state index in [-0.39, 0.29) is 0 Å². The number of aromatic amines is 1. The number of benzene rings is 1. The first kappa shape index (κ1) is 12.5. The van der Waals surface area contributed by atoms with E-state index in [0.29, 0.717) is 6.42 Å².